The number of thiol groups is 1. The molecule has 0 spiro atoms. The fourth-order valence-electron chi connectivity index (χ4n) is 4.25. The second-order valence-corrected chi connectivity index (χ2v) is 34.1. The minimum atomic E-state index is -4.70. The van der Waals surface area contributed by atoms with Crippen LogP contribution < -0.4 is 6.54 Å². The van der Waals surface area contributed by atoms with Crippen molar-refractivity contribution < 1.29 is 14.9 Å². The third-order valence-electron chi connectivity index (χ3n) is 5.66. The summed E-state index contributed by atoms with van der Waals surface area (Å²) in [5.41, 5.74) is 7.58. The second-order valence-electron chi connectivity index (χ2n) is 7.27. The summed E-state index contributed by atoms with van der Waals surface area (Å²) < 4.78 is 3.08. The molecule has 0 nitrogen and oxygen atoms in total. The Kier molecular flexibility index (Phi) is 4.40. The average molecular weight is 554 g/mol. The molecular formula is C22H16BrCl2SZr. The molecule has 0 aliphatic heterocycles. The normalized spacial score (nSPS) is 15.8. The summed E-state index contributed by atoms with van der Waals surface area (Å²) in [6.07, 6.45) is 6.15. The summed E-state index contributed by atoms with van der Waals surface area (Å²) in [4.78, 5) is 0. The van der Waals surface area contributed by atoms with Gasteiger partial charge in [-0.15, -0.1) is 0 Å². The van der Waals surface area contributed by atoms with Gasteiger partial charge in [-0.2, -0.15) is 0 Å². The van der Waals surface area contributed by atoms with Gasteiger partial charge in [0.1, 0.15) is 0 Å². The van der Waals surface area contributed by atoms with E-state index in [1.807, 2.05) is 0 Å². The Morgan fingerprint density at radius 2 is 1.70 bits per heavy atom. The van der Waals surface area contributed by atoms with E-state index in [1.54, 1.807) is 0 Å². The predicted molar refractivity (Wildman–Crippen MR) is 122 cm³/mol. The fourth-order valence-corrected chi connectivity index (χ4v) is 15.3. The zero-order chi connectivity index (χ0) is 18.8. The van der Waals surface area contributed by atoms with Gasteiger partial charge in [0, 0.05) is 0 Å². The molecule has 5 heteroatoms. The SMILES string of the molecule is [SH][Zr]([Cl])([Cl])([c]1ccc2c(c1)-c1ccccc1C2)[c]1ccc(Br)c2c1C=CC2. The van der Waals surface area contributed by atoms with Crippen molar-refractivity contribution >= 4 is 55.0 Å². The molecule has 0 unspecified atom stereocenters. The van der Waals surface area contributed by atoms with E-state index in [9.17, 15) is 0 Å². The molecule has 0 heterocycles. The Bertz CT molecular complexity index is 1140. The Labute approximate surface area is 179 Å². The number of hydrogen-bond donors (Lipinski definition) is 1. The number of benzene rings is 3. The van der Waals surface area contributed by atoms with Crippen molar-refractivity contribution in [3.8, 4) is 11.1 Å². The van der Waals surface area contributed by atoms with E-state index < -0.39 is 14.9 Å². The van der Waals surface area contributed by atoms with E-state index in [0.717, 1.165) is 29.4 Å². The van der Waals surface area contributed by atoms with E-state index in [0.29, 0.717) is 0 Å². The minimum absolute atomic E-state index is 0.897. The summed E-state index contributed by atoms with van der Waals surface area (Å²) >= 11 is -1.04. The monoisotopic (exact) mass is 551 g/mol. The number of fused-ring (bicyclic) bond motifs is 4. The van der Waals surface area contributed by atoms with Crippen LogP contribution in [0.2, 0.25) is 0 Å². The van der Waals surface area contributed by atoms with Crippen LogP contribution in [0.15, 0.2) is 65.1 Å². The van der Waals surface area contributed by atoms with Crippen LogP contribution in [0.4, 0.5) is 0 Å². The first kappa shape index (κ1) is 18.7. The molecule has 2 aliphatic rings. The third kappa shape index (κ3) is 2.89. The van der Waals surface area contributed by atoms with E-state index in [2.05, 4.69) is 82.7 Å². The molecule has 3 aromatic rings. The molecule has 135 valence electrons. The molecular weight excluding hydrogens is 538 g/mol. The van der Waals surface area contributed by atoms with Gasteiger partial charge >= 0.3 is 181 Å². The molecule has 0 aromatic heterocycles. The van der Waals surface area contributed by atoms with Crippen molar-refractivity contribution in [2.45, 2.75) is 12.8 Å². The molecule has 0 N–H and O–H groups in total. The first-order chi connectivity index (χ1) is 12.8. The van der Waals surface area contributed by atoms with E-state index in [-0.39, 0.29) is 0 Å². The van der Waals surface area contributed by atoms with Crippen LogP contribution in [0, 0.1) is 0 Å². The molecule has 0 bridgehead atoms. The third-order valence-corrected chi connectivity index (χ3v) is 20.9. The van der Waals surface area contributed by atoms with Crippen molar-refractivity contribution in [2.24, 2.45) is 0 Å². The molecule has 0 radical (unpaired) electrons. The first-order valence-electron chi connectivity index (χ1n) is 8.86. The van der Waals surface area contributed by atoms with Gasteiger partial charge < -0.3 is 0 Å². The van der Waals surface area contributed by atoms with E-state index in [4.69, 9.17) is 26.4 Å². The van der Waals surface area contributed by atoms with Gasteiger partial charge in [0.05, 0.1) is 0 Å². The van der Waals surface area contributed by atoms with Crippen LogP contribution in [0.3, 0.4) is 0 Å². The van der Waals surface area contributed by atoms with Gasteiger partial charge in [-0.25, -0.2) is 0 Å². The summed E-state index contributed by atoms with van der Waals surface area (Å²) in [6.45, 7) is 0. The van der Waals surface area contributed by atoms with Crippen LogP contribution in [-0.2, 0) is 27.8 Å². The average Bonchev–Trinajstić information content (AvgIpc) is 3.26. The fraction of sp³-hybridized carbons (Fsp3) is 0.0909. The Morgan fingerprint density at radius 1 is 0.926 bits per heavy atom. The Hall–Kier alpha value is -0.307. The van der Waals surface area contributed by atoms with Gasteiger partial charge in [0.2, 0.25) is 0 Å². The van der Waals surface area contributed by atoms with Gasteiger partial charge in [-0.3, -0.25) is 0 Å². The molecule has 3 aromatic carbocycles. The molecule has 0 atom stereocenters. The quantitative estimate of drug-likeness (QED) is 0.273. The van der Waals surface area contributed by atoms with Crippen molar-refractivity contribution in [3.63, 3.8) is 0 Å². The van der Waals surface area contributed by atoms with Gasteiger partial charge in [0.25, 0.3) is 0 Å². The summed E-state index contributed by atoms with van der Waals surface area (Å²) in [7, 11) is 19.7. The van der Waals surface area contributed by atoms with E-state index >= 15 is 0 Å². The van der Waals surface area contributed by atoms with Crippen molar-refractivity contribution in [2.75, 3.05) is 0 Å². The van der Waals surface area contributed by atoms with Crippen molar-refractivity contribution in [1.29, 1.82) is 0 Å². The molecule has 0 saturated heterocycles. The molecule has 27 heavy (non-hydrogen) atoms. The van der Waals surface area contributed by atoms with E-state index in [1.165, 1.54) is 27.8 Å². The number of allylic oxidation sites excluding steroid dienone is 1. The summed E-state index contributed by atoms with van der Waals surface area (Å²) in [5, 5.41) is 0. The number of halogens is 3. The van der Waals surface area contributed by atoms with Crippen LogP contribution >= 0.6 is 42.3 Å². The molecule has 0 amide bonds. The maximum absolute atomic E-state index is 7.30. The second kappa shape index (κ2) is 6.34. The van der Waals surface area contributed by atoms with Gasteiger partial charge in [-0.05, 0) is 0 Å². The van der Waals surface area contributed by atoms with Gasteiger partial charge in [0.15, 0.2) is 0 Å². The molecule has 5 rings (SSSR count). The topological polar surface area (TPSA) is 0 Å². The predicted octanol–water partition coefficient (Wildman–Crippen LogP) is 6.38. The zero-order valence-corrected chi connectivity index (χ0v) is 20.8. The number of hydrogen-bond acceptors (Lipinski definition) is 1. The molecule has 2 aliphatic carbocycles. The van der Waals surface area contributed by atoms with Crippen LogP contribution in [0.1, 0.15) is 22.3 Å². The zero-order valence-electron chi connectivity index (χ0n) is 14.3. The summed E-state index contributed by atoms with van der Waals surface area (Å²) in [6, 6.07) is 19.1. The molecule has 0 fully saturated rings. The standard InChI is InChI=1S/C13H9.C9H6Br.2ClH.H2S.Zr/c1-3-7-12-10(5-1)9-11-6-2-4-8-13(11)12;10-9-6-2-4-7-3-1-5-8(7)9;;;;/h1-3,5-8H,9H2;1-3,6H,5H2;2*1H;1H2;/q;;;;;+3/p-3. The van der Waals surface area contributed by atoms with Gasteiger partial charge in [-0.1, -0.05) is 0 Å². The van der Waals surface area contributed by atoms with Crippen LogP contribution in [-0.4, -0.2) is 0 Å². The number of rotatable bonds is 2. The Balaban J connectivity index is 1.72. The van der Waals surface area contributed by atoms with Crippen LogP contribution in [0.5, 0.6) is 0 Å². The van der Waals surface area contributed by atoms with Crippen LogP contribution in [0.25, 0.3) is 17.2 Å². The Morgan fingerprint density at radius 3 is 2.56 bits per heavy atom. The first-order valence-corrected chi connectivity index (χ1v) is 22.2. The summed E-state index contributed by atoms with van der Waals surface area (Å²) in [5.74, 6) is 0. The van der Waals surface area contributed by atoms with Crippen molar-refractivity contribution in [1.82, 2.24) is 0 Å². The van der Waals surface area contributed by atoms with Crippen molar-refractivity contribution in [3.05, 3.63) is 87.4 Å². The maximum atomic E-state index is 7.30. The molecule has 0 saturated carbocycles.